The van der Waals surface area contributed by atoms with Crippen LogP contribution in [0.15, 0.2) is 67.3 Å². The number of nitrogens with zero attached hydrogens (tertiary/aromatic N) is 1. The average Bonchev–Trinajstić information content (AvgIpc) is 2.98. The monoisotopic (exact) mass is 387 g/mol. The summed E-state index contributed by atoms with van der Waals surface area (Å²) in [5.41, 5.74) is -0.545. The van der Waals surface area contributed by atoms with Crippen LogP contribution in [0.25, 0.3) is 0 Å². The van der Waals surface area contributed by atoms with E-state index >= 15 is 0 Å². The van der Waals surface area contributed by atoms with E-state index in [0.717, 1.165) is 12.1 Å². The quantitative estimate of drug-likeness (QED) is 0.542. The molecule has 2 aromatic carbocycles. The predicted molar refractivity (Wildman–Crippen MR) is 99.5 cm³/mol. The smallest absolute Gasteiger partial charge is 0.278 e. The molecule has 28 heavy (non-hydrogen) atoms. The van der Waals surface area contributed by atoms with Crippen LogP contribution in [0.2, 0.25) is 0 Å². The van der Waals surface area contributed by atoms with Gasteiger partial charge in [-0.3, -0.25) is 14.5 Å². The summed E-state index contributed by atoms with van der Waals surface area (Å²) in [6, 6.07) is 13.4. The fourth-order valence-corrected chi connectivity index (χ4v) is 3.66. The van der Waals surface area contributed by atoms with Gasteiger partial charge in [0.2, 0.25) is 5.91 Å². The second kappa shape index (κ2) is 7.62. The number of imide groups is 1. The number of halogens is 3. The van der Waals surface area contributed by atoms with Crippen LogP contribution in [0.3, 0.4) is 0 Å². The summed E-state index contributed by atoms with van der Waals surface area (Å²) < 4.78 is 38.3. The number of amides is 2. The highest BCUT2D eigenvalue weighted by atomic mass is 19.4. The lowest BCUT2D eigenvalue weighted by molar-refractivity contribution is -0.137. The molecule has 1 fully saturated rings. The van der Waals surface area contributed by atoms with Gasteiger partial charge in [0.15, 0.2) is 0 Å². The van der Waals surface area contributed by atoms with Crippen molar-refractivity contribution >= 4 is 11.8 Å². The van der Waals surface area contributed by atoms with Crippen molar-refractivity contribution in [3.8, 4) is 0 Å². The minimum absolute atomic E-state index is 0.258. The summed E-state index contributed by atoms with van der Waals surface area (Å²) in [6.45, 7) is 3.99. The number of allylic oxidation sites excluding steroid dienone is 1. The molecule has 0 spiro atoms. The van der Waals surface area contributed by atoms with Crippen molar-refractivity contribution in [1.29, 1.82) is 0 Å². The number of benzene rings is 2. The Morgan fingerprint density at radius 2 is 1.75 bits per heavy atom. The first-order chi connectivity index (χ1) is 13.3. The summed E-state index contributed by atoms with van der Waals surface area (Å²) >= 11 is 0. The molecule has 1 heterocycles. The van der Waals surface area contributed by atoms with E-state index in [0.29, 0.717) is 24.0 Å². The minimum Gasteiger partial charge on any atom is -0.278 e. The molecular formula is C22H20F3NO2. The fourth-order valence-electron chi connectivity index (χ4n) is 3.66. The van der Waals surface area contributed by atoms with Gasteiger partial charge in [0, 0.05) is 12.1 Å². The lowest BCUT2D eigenvalue weighted by Gasteiger charge is -2.26. The van der Waals surface area contributed by atoms with E-state index in [1.165, 1.54) is 17.0 Å². The minimum atomic E-state index is -4.40. The van der Waals surface area contributed by atoms with Crippen LogP contribution in [0.5, 0.6) is 0 Å². The maximum Gasteiger partial charge on any atom is 0.416 e. The van der Waals surface area contributed by atoms with Crippen molar-refractivity contribution in [3.05, 3.63) is 83.9 Å². The van der Waals surface area contributed by atoms with Crippen molar-refractivity contribution in [2.75, 3.05) is 6.54 Å². The predicted octanol–water partition coefficient (Wildman–Crippen LogP) is 4.88. The van der Waals surface area contributed by atoms with Crippen molar-refractivity contribution < 1.29 is 22.8 Å². The number of likely N-dealkylation sites (tertiary alicyclic amines) is 1. The molecule has 1 aliphatic rings. The molecule has 2 aromatic rings. The van der Waals surface area contributed by atoms with Crippen LogP contribution >= 0.6 is 0 Å². The van der Waals surface area contributed by atoms with Crippen LogP contribution in [0.4, 0.5) is 13.2 Å². The van der Waals surface area contributed by atoms with Crippen molar-refractivity contribution in [2.24, 2.45) is 5.41 Å². The van der Waals surface area contributed by atoms with Crippen LogP contribution in [-0.4, -0.2) is 23.3 Å². The Bertz CT molecular complexity index is 875. The lowest BCUT2D eigenvalue weighted by atomic mass is 9.77. The summed E-state index contributed by atoms with van der Waals surface area (Å²) in [4.78, 5) is 27.1. The SMILES string of the molecule is C=CCC1(Cc2ccc(C(F)(F)F)cc2)CCN(C(=O)c2ccccc2)C1=O. The normalized spacial score (nSPS) is 19.7. The van der Waals surface area contributed by atoms with E-state index in [2.05, 4.69) is 6.58 Å². The molecule has 0 aromatic heterocycles. The maximum absolute atomic E-state index is 13.1. The molecule has 1 saturated heterocycles. The molecule has 0 N–H and O–H groups in total. The molecule has 3 nitrogen and oxygen atoms in total. The lowest BCUT2D eigenvalue weighted by Crippen LogP contribution is -2.39. The zero-order chi connectivity index (χ0) is 20.4. The van der Waals surface area contributed by atoms with Gasteiger partial charge in [-0.2, -0.15) is 13.2 Å². The van der Waals surface area contributed by atoms with Crippen molar-refractivity contribution in [2.45, 2.75) is 25.4 Å². The van der Waals surface area contributed by atoms with Crippen LogP contribution in [0.1, 0.15) is 34.3 Å². The topological polar surface area (TPSA) is 37.4 Å². The summed E-state index contributed by atoms with van der Waals surface area (Å²) in [5, 5.41) is 0. The third-order valence-electron chi connectivity index (χ3n) is 5.14. The van der Waals surface area contributed by atoms with Gasteiger partial charge in [0.25, 0.3) is 5.91 Å². The van der Waals surface area contributed by atoms with Crippen molar-refractivity contribution in [1.82, 2.24) is 4.90 Å². The number of alkyl halides is 3. The molecule has 0 bridgehead atoms. The van der Waals surface area contributed by atoms with Crippen LogP contribution in [0, 0.1) is 5.41 Å². The Morgan fingerprint density at radius 1 is 1.11 bits per heavy atom. The highest BCUT2D eigenvalue weighted by Crippen LogP contribution is 2.40. The molecule has 1 unspecified atom stereocenters. The Balaban J connectivity index is 1.83. The molecule has 3 rings (SSSR count). The van der Waals surface area contributed by atoms with Gasteiger partial charge < -0.3 is 0 Å². The first kappa shape index (κ1) is 19.9. The number of rotatable bonds is 5. The van der Waals surface area contributed by atoms with Crippen LogP contribution < -0.4 is 0 Å². The Morgan fingerprint density at radius 3 is 2.32 bits per heavy atom. The van der Waals surface area contributed by atoms with Crippen LogP contribution in [-0.2, 0) is 17.4 Å². The van der Waals surface area contributed by atoms with Gasteiger partial charge in [0.1, 0.15) is 0 Å². The van der Waals surface area contributed by atoms with Gasteiger partial charge in [-0.25, -0.2) is 0 Å². The third kappa shape index (κ3) is 3.86. The Hall–Kier alpha value is -2.89. The number of carbonyl (C=O) groups excluding carboxylic acids is 2. The molecule has 2 amide bonds. The highest BCUT2D eigenvalue weighted by Gasteiger charge is 2.48. The van der Waals surface area contributed by atoms with Gasteiger partial charge in [0.05, 0.1) is 11.0 Å². The second-order valence-corrected chi connectivity index (χ2v) is 7.02. The van der Waals surface area contributed by atoms with E-state index < -0.39 is 17.2 Å². The molecule has 1 aliphatic heterocycles. The van der Waals surface area contributed by atoms with E-state index in [4.69, 9.17) is 0 Å². The first-order valence-electron chi connectivity index (χ1n) is 8.95. The maximum atomic E-state index is 13.1. The molecule has 6 heteroatoms. The van der Waals surface area contributed by atoms with Gasteiger partial charge in [-0.15, -0.1) is 6.58 Å². The fraction of sp³-hybridized carbons (Fsp3) is 0.273. The average molecular weight is 387 g/mol. The molecule has 0 aliphatic carbocycles. The summed E-state index contributed by atoms with van der Waals surface area (Å²) in [5.74, 6) is -0.662. The van der Waals surface area contributed by atoms with E-state index in [1.54, 1.807) is 36.4 Å². The molecular weight excluding hydrogens is 367 g/mol. The van der Waals surface area contributed by atoms with Gasteiger partial charge >= 0.3 is 6.18 Å². The summed E-state index contributed by atoms with van der Waals surface area (Å²) in [6.07, 6.45) is -1.73. The first-order valence-corrected chi connectivity index (χ1v) is 8.95. The van der Waals surface area contributed by atoms with E-state index in [-0.39, 0.29) is 24.8 Å². The molecule has 1 atom stereocenters. The largest absolute Gasteiger partial charge is 0.416 e. The summed E-state index contributed by atoms with van der Waals surface area (Å²) in [7, 11) is 0. The number of carbonyl (C=O) groups is 2. The zero-order valence-corrected chi connectivity index (χ0v) is 15.2. The standard InChI is InChI=1S/C22H20F3NO2/c1-2-12-21(15-16-8-10-18(11-9-16)22(23,24)25)13-14-26(20(21)28)19(27)17-6-4-3-5-7-17/h2-11H,1,12-15H2. The Labute approximate surface area is 161 Å². The zero-order valence-electron chi connectivity index (χ0n) is 15.2. The molecule has 0 saturated carbocycles. The number of hydrogen-bond donors (Lipinski definition) is 0. The van der Waals surface area contributed by atoms with Gasteiger partial charge in [-0.05, 0) is 49.1 Å². The highest BCUT2D eigenvalue weighted by molar-refractivity contribution is 6.07. The third-order valence-corrected chi connectivity index (χ3v) is 5.14. The van der Waals surface area contributed by atoms with E-state index in [9.17, 15) is 22.8 Å². The number of hydrogen-bond acceptors (Lipinski definition) is 2. The Kier molecular flexibility index (Phi) is 5.40. The second-order valence-electron chi connectivity index (χ2n) is 7.02. The van der Waals surface area contributed by atoms with E-state index in [1.807, 2.05) is 0 Å². The van der Waals surface area contributed by atoms with Crippen molar-refractivity contribution in [3.63, 3.8) is 0 Å². The van der Waals surface area contributed by atoms with Gasteiger partial charge in [-0.1, -0.05) is 36.4 Å². The molecule has 146 valence electrons. The molecule has 0 radical (unpaired) electrons.